The average molecular weight is 291 g/mol. The van der Waals surface area contributed by atoms with Crippen molar-refractivity contribution in [3.63, 3.8) is 0 Å². The van der Waals surface area contributed by atoms with E-state index in [-0.39, 0.29) is 18.4 Å². The van der Waals surface area contributed by atoms with E-state index in [2.05, 4.69) is 5.32 Å². The standard InChI is InChI=1S/C16H21NO4/c1-11-3-2-4-12(7-11)8-14(16(19)20)9-17-15(18)13-5-6-21-10-13/h2-4,7,13-14H,5-6,8-10H2,1H3,(H,17,18)(H,19,20). The second kappa shape index (κ2) is 7.22. The first-order valence-corrected chi connectivity index (χ1v) is 7.20. The third kappa shape index (κ3) is 4.56. The maximum absolute atomic E-state index is 11.9. The van der Waals surface area contributed by atoms with Gasteiger partial charge in [0.15, 0.2) is 0 Å². The van der Waals surface area contributed by atoms with Crippen LogP contribution < -0.4 is 5.32 Å². The van der Waals surface area contributed by atoms with Crippen LogP contribution in [0.4, 0.5) is 0 Å². The molecule has 1 fully saturated rings. The Bertz CT molecular complexity index is 509. The molecule has 114 valence electrons. The van der Waals surface area contributed by atoms with E-state index in [9.17, 15) is 14.7 Å². The molecule has 0 saturated carbocycles. The highest BCUT2D eigenvalue weighted by molar-refractivity contribution is 5.80. The minimum atomic E-state index is -0.889. The molecule has 2 atom stereocenters. The van der Waals surface area contributed by atoms with Gasteiger partial charge in [-0.05, 0) is 25.3 Å². The summed E-state index contributed by atoms with van der Waals surface area (Å²) in [5.41, 5.74) is 2.07. The van der Waals surface area contributed by atoms with E-state index in [0.717, 1.165) is 11.1 Å². The Kier molecular flexibility index (Phi) is 5.33. The normalized spacial score (nSPS) is 19.2. The van der Waals surface area contributed by atoms with Crippen LogP contribution in [-0.2, 0) is 20.7 Å². The molecular weight excluding hydrogens is 270 g/mol. The zero-order valence-electron chi connectivity index (χ0n) is 12.2. The summed E-state index contributed by atoms with van der Waals surface area (Å²) in [5.74, 6) is -1.75. The molecule has 5 heteroatoms. The number of aliphatic carboxylic acids is 1. The van der Waals surface area contributed by atoms with Crippen molar-refractivity contribution >= 4 is 11.9 Å². The molecule has 2 N–H and O–H groups in total. The molecule has 0 spiro atoms. The number of benzene rings is 1. The molecule has 0 radical (unpaired) electrons. The van der Waals surface area contributed by atoms with Crippen LogP contribution in [0.3, 0.4) is 0 Å². The quantitative estimate of drug-likeness (QED) is 0.830. The number of aryl methyl sites for hydroxylation is 1. The van der Waals surface area contributed by atoms with Crippen LogP contribution in [0.25, 0.3) is 0 Å². The highest BCUT2D eigenvalue weighted by atomic mass is 16.5. The second-order valence-electron chi connectivity index (χ2n) is 5.53. The van der Waals surface area contributed by atoms with Gasteiger partial charge in [-0.1, -0.05) is 29.8 Å². The van der Waals surface area contributed by atoms with Gasteiger partial charge < -0.3 is 15.2 Å². The lowest BCUT2D eigenvalue weighted by Gasteiger charge is -2.15. The highest BCUT2D eigenvalue weighted by Gasteiger charge is 2.25. The molecule has 1 heterocycles. The van der Waals surface area contributed by atoms with Gasteiger partial charge in [-0.3, -0.25) is 9.59 Å². The van der Waals surface area contributed by atoms with E-state index >= 15 is 0 Å². The van der Waals surface area contributed by atoms with Crippen LogP contribution in [0, 0.1) is 18.8 Å². The molecule has 0 aromatic heterocycles. The van der Waals surface area contributed by atoms with Crippen LogP contribution >= 0.6 is 0 Å². The summed E-state index contributed by atoms with van der Waals surface area (Å²) >= 11 is 0. The second-order valence-corrected chi connectivity index (χ2v) is 5.53. The number of carboxylic acids is 1. The van der Waals surface area contributed by atoms with Gasteiger partial charge in [-0.2, -0.15) is 0 Å². The smallest absolute Gasteiger partial charge is 0.308 e. The number of hydrogen-bond donors (Lipinski definition) is 2. The van der Waals surface area contributed by atoms with Crippen LogP contribution in [-0.4, -0.2) is 36.7 Å². The Morgan fingerprint density at radius 3 is 2.90 bits per heavy atom. The number of carboxylic acid groups (broad SMARTS) is 1. The van der Waals surface area contributed by atoms with Gasteiger partial charge >= 0.3 is 5.97 Å². The molecule has 1 aromatic carbocycles. The predicted molar refractivity (Wildman–Crippen MR) is 77.9 cm³/mol. The first kappa shape index (κ1) is 15.5. The molecule has 1 aliphatic heterocycles. The third-order valence-electron chi connectivity index (χ3n) is 3.74. The Labute approximate surface area is 124 Å². The summed E-state index contributed by atoms with van der Waals surface area (Å²) < 4.78 is 5.16. The monoisotopic (exact) mass is 291 g/mol. The summed E-state index contributed by atoms with van der Waals surface area (Å²) in [6, 6.07) is 7.78. The zero-order chi connectivity index (χ0) is 15.2. The Hall–Kier alpha value is -1.88. The maximum Gasteiger partial charge on any atom is 0.308 e. The average Bonchev–Trinajstić information content (AvgIpc) is 2.97. The molecule has 1 saturated heterocycles. The summed E-state index contributed by atoms with van der Waals surface area (Å²) in [4.78, 5) is 23.2. The van der Waals surface area contributed by atoms with Crippen molar-refractivity contribution in [1.82, 2.24) is 5.32 Å². The van der Waals surface area contributed by atoms with Crippen molar-refractivity contribution in [1.29, 1.82) is 0 Å². The Balaban J connectivity index is 1.90. The van der Waals surface area contributed by atoms with Gasteiger partial charge in [0.1, 0.15) is 0 Å². The molecular formula is C16H21NO4. The lowest BCUT2D eigenvalue weighted by atomic mass is 9.98. The van der Waals surface area contributed by atoms with E-state index in [4.69, 9.17) is 4.74 Å². The van der Waals surface area contributed by atoms with Gasteiger partial charge in [0.25, 0.3) is 0 Å². The summed E-state index contributed by atoms with van der Waals surface area (Å²) in [5, 5.41) is 12.0. The fraction of sp³-hybridized carbons (Fsp3) is 0.500. The largest absolute Gasteiger partial charge is 0.481 e. The summed E-state index contributed by atoms with van der Waals surface area (Å²) in [6.07, 6.45) is 1.12. The number of hydrogen-bond acceptors (Lipinski definition) is 3. The number of amides is 1. The van der Waals surface area contributed by atoms with Crippen molar-refractivity contribution < 1.29 is 19.4 Å². The summed E-state index contributed by atoms with van der Waals surface area (Å²) in [7, 11) is 0. The maximum atomic E-state index is 11.9. The highest BCUT2D eigenvalue weighted by Crippen LogP contribution is 2.14. The van der Waals surface area contributed by atoms with Gasteiger partial charge in [0.2, 0.25) is 5.91 Å². The molecule has 5 nitrogen and oxygen atoms in total. The van der Waals surface area contributed by atoms with Crippen molar-refractivity contribution in [3.8, 4) is 0 Å². The van der Waals surface area contributed by atoms with E-state index in [1.54, 1.807) is 0 Å². The minimum Gasteiger partial charge on any atom is -0.481 e. The SMILES string of the molecule is Cc1cccc(CC(CNC(=O)C2CCOC2)C(=O)O)c1. The molecule has 1 aliphatic rings. The molecule has 0 bridgehead atoms. The topological polar surface area (TPSA) is 75.6 Å². The van der Waals surface area contributed by atoms with Crippen molar-refractivity contribution in [3.05, 3.63) is 35.4 Å². The van der Waals surface area contributed by atoms with Crippen molar-refractivity contribution in [2.45, 2.75) is 19.8 Å². The first-order chi connectivity index (χ1) is 10.1. The van der Waals surface area contributed by atoms with Crippen LogP contribution in [0.5, 0.6) is 0 Å². The lowest BCUT2D eigenvalue weighted by molar-refractivity contribution is -0.141. The number of nitrogens with one attached hydrogen (secondary N) is 1. The molecule has 21 heavy (non-hydrogen) atoms. The predicted octanol–water partition coefficient (Wildman–Crippen LogP) is 1.39. The number of ether oxygens (including phenoxy) is 1. The Morgan fingerprint density at radius 1 is 1.48 bits per heavy atom. The molecule has 2 rings (SSSR count). The van der Waals surface area contributed by atoms with Gasteiger partial charge in [-0.15, -0.1) is 0 Å². The van der Waals surface area contributed by atoms with Gasteiger partial charge in [-0.25, -0.2) is 0 Å². The van der Waals surface area contributed by atoms with Gasteiger partial charge in [0.05, 0.1) is 18.4 Å². The van der Waals surface area contributed by atoms with Crippen LogP contribution in [0.2, 0.25) is 0 Å². The van der Waals surface area contributed by atoms with Crippen LogP contribution in [0.1, 0.15) is 17.5 Å². The number of carbonyl (C=O) groups excluding carboxylic acids is 1. The first-order valence-electron chi connectivity index (χ1n) is 7.20. The Morgan fingerprint density at radius 2 is 2.29 bits per heavy atom. The fourth-order valence-corrected chi connectivity index (χ4v) is 2.48. The molecule has 1 aromatic rings. The number of rotatable bonds is 6. The van der Waals surface area contributed by atoms with E-state index in [1.165, 1.54) is 0 Å². The zero-order valence-corrected chi connectivity index (χ0v) is 12.2. The molecule has 0 aliphatic carbocycles. The molecule has 2 unspecified atom stereocenters. The number of carbonyl (C=O) groups is 2. The minimum absolute atomic E-state index is 0.108. The van der Waals surface area contributed by atoms with Crippen LogP contribution in [0.15, 0.2) is 24.3 Å². The third-order valence-corrected chi connectivity index (χ3v) is 3.74. The lowest BCUT2D eigenvalue weighted by Crippen LogP contribution is -2.37. The van der Waals surface area contributed by atoms with Crippen molar-refractivity contribution in [2.24, 2.45) is 11.8 Å². The summed E-state index contributed by atoms with van der Waals surface area (Å²) in [6.45, 7) is 3.16. The van der Waals surface area contributed by atoms with E-state index in [1.807, 2.05) is 31.2 Å². The van der Waals surface area contributed by atoms with E-state index < -0.39 is 11.9 Å². The molecule has 1 amide bonds. The van der Waals surface area contributed by atoms with Crippen molar-refractivity contribution in [2.75, 3.05) is 19.8 Å². The van der Waals surface area contributed by atoms with E-state index in [0.29, 0.717) is 26.1 Å². The van der Waals surface area contributed by atoms with Gasteiger partial charge in [0, 0.05) is 13.2 Å². The fourth-order valence-electron chi connectivity index (χ4n) is 2.48.